The largest absolute Gasteiger partial charge is 0.496 e. The van der Waals surface area contributed by atoms with Crippen LogP contribution in [-0.2, 0) is 4.79 Å². The third kappa shape index (κ3) is 6.03. The molecule has 2 aromatic rings. The highest BCUT2D eigenvalue weighted by atomic mass is 16.5. The number of hydrogen-bond acceptors (Lipinski definition) is 5. The topological polar surface area (TPSA) is 114 Å². The third-order valence-electron chi connectivity index (χ3n) is 6.14. The lowest BCUT2D eigenvalue weighted by Gasteiger charge is -2.35. The van der Waals surface area contributed by atoms with Crippen LogP contribution in [0.25, 0.3) is 0 Å². The number of carbonyl (C=O) groups excluding carboxylic acids is 3. The van der Waals surface area contributed by atoms with Crippen LogP contribution in [0.2, 0.25) is 0 Å². The van der Waals surface area contributed by atoms with Crippen molar-refractivity contribution in [1.82, 2.24) is 9.80 Å². The molecule has 2 aromatic carbocycles. The molecule has 1 aliphatic heterocycles. The fourth-order valence-electron chi connectivity index (χ4n) is 4.30. The number of nitrogens with zero attached hydrogens (tertiary/aromatic N) is 2. The predicted octanol–water partition coefficient (Wildman–Crippen LogP) is 3.29. The van der Waals surface area contributed by atoms with Gasteiger partial charge in [0.1, 0.15) is 11.5 Å². The molecule has 1 aliphatic rings. The number of carbonyl (C=O) groups is 3. The molecule has 9 heteroatoms. The first-order valence-corrected chi connectivity index (χ1v) is 11.7. The fourth-order valence-corrected chi connectivity index (χ4v) is 4.30. The van der Waals surface area contributed by atoms with Crippen LogP contribution in [0.5, 0.6) is 11.5 Å². The first kappa shape index (κ1) is 25.9. The van der Waals surface area contributed by atoms with E-state index in [9.17, 15) is 14.4 Å². The van der Waals surface area contributed by atoms with Gasteiger partial charge in [-0.1, -0.05) is 26.0 Å². The van der Waals surface area contributed by atoms with Crippen LogP contribution in [0.3, 0.4) is 0 Å². The maximum absolute atomic E-state index is 13.2. The van der Waals surface area contributed by atoms with Gasteiger partial charge in [0.2, 0.25) is 0 Å². The summed E-state index contributed by atoms with van der Waals surface area (Å²) in [5.41, 5.74) is 8.96. The molecule has 4 amide bonds. The van der Waals surface area contributed by atoms with E-state index >= 15 is 0 Å². The molecule has 0 saturated carbocycles. The molecule has 0 spiro atoms. The van der Waals surface area contributed by atoms with Gasteiger partial charge in [0.25, 0.3) is 11.8 Å². The summed E-state index contributed by atoms with van der Waals surface area (Å²) in [6.45, 7) is 9.40. The monoisotopic (exact) mass is 482 g/mol. The summed E-state index contributed by atoms with van der Waals surface area (Å²) in [7, 11) is 1.58. The minimum Gasteiger partial charge on any atom is -0.496 e. The van der Waals surface area contributed by atoms with E-state index in [1.807, 2.05) is 26.0 Å². The summed E-state index contributed by atoms with van der Waals surface area (Å²) >= 11 is 0. The van der Waals surface area contributed by atoms with Gasteiger partial charge < -0.3 is 30.3 Å². The maximum atomic E-state index is 13.2. The van der Waals surface area contributed by atoms with E-state index in [4.69, 9.17) is 15.2 Å². The van der Waals surface area contributed by atoms with Crippen molar-refractivity contribution in [3.05, 3.63) is 52.6 Å². The number of hydrogen-bond donors (Lipinski definition) is 2. The molecule has 1 heterocycles. The number of para-hydroxylation sites is 1. The summed E-state index contributed by atoms with van der Waals surface area (Å²) in [4.78, 5) is 40.5. The standard InChI is InChI=1S/C26H34N4O5/c1-16(2)20-7-6-8-21(24(20)34-5)25(32)30-11-9-29(10-12-30)22(31)15-35-19-13-17(3)23(18(4)14-19)28-26(27)33/h6-8,13-14,16H,9-12,15H2,1-5H3,(H3,27,28,33). The van der Waals surface area contributed by atoms with Gasteiger partial charge in [0.05, 0.1) is 12.7 Å². The number of ether oxygens (including phenoxy) is 2. The van der Waals surface area contributed by atoms with Crippen LogP contribution in [0.4, 0.5) is 10.5 Å². The Balaban J connectivity index is 1.58. The SMILES string of the molecule is COc1c(C(=O)N2CCN(C(=O)COc3cc(C)c(NC(N)=O)c(C)c3)CC2)cccc1C(C)C. The van der Waals surface area contributed by atoms with E-state index in [0.717, 1.165) is 16.7 Å². The number of primary amides is 1. The lowest BCUT2D eigenvalue weighted by Crippen LogP contribution is -2.51. The van der Waals surface area contributed by atoms with Gasteiger partial charge in [-0.05, 0) is 54.7 Å². The van der Waals surface area contributed by atoms with Crippen LogP contribution >= 0.6 is 0 Å². The highest BCUT2D eigenvalue weighted by molar-refractivity contribution is 5.97. The number of rotatable bonds is 7. The smallest absolute Gasteiger partial charge is 0.316 e. The molecule has 0 atom stereocenters. The molecule has 0 unspecified atom stereocenters. The van der Waals surface area contributed by atoms with Gasteiger partial charge in [0.15, 0.2) is 6.61 Å². The molecule has 1 fully saturated rings. The van der Waals surface area contributed by atoms with E-state index < -0.39 is 6.03 Å². The molecule has 3 N–H and O–H groups in total. The van der Waals surface area contributed by atoms with Crippen molar-refractivity contribution in [1.29, 1.82) is 0 Å². The van der Waals surface area contributed by atoms with Crippen LogP contribution in [0.15, 0.2) is 30.3 Å². The minimum absolute atomic E-state index is 0.0942. The number of methoxy groups -OCH3 is 1. The molecule has 3 rings (SSSR count). The summed E-state index contributed by atoms with van der Waals surface area (Å²) in [5, 5.41) is 2.59. The number of piperazine rings is 1. The zero-order chi connectivity index (χ0) is 25.7. The average molecular weight is 483 g/mol. The van der Waals surface area contributed by atoms with E-state index in [1.165, 1.54) is 0 Å². The van der Waals surface area contributed by atoms with Crippen molar-refractivity contribution in [2.24, 2.45) is 5.73 Å². The Morgan fingerprint density at radius 3 is 2.17 bits per heavy atom. The number of urea groups is 1. The predicted molar refractivity (Wildman–Crippen MR) is 134 cm³/mol. The van der Waals surface area contributed by atoms with Crippen LogP contribution in [0.1, 0.15) is 46.8 Å². The zero-order valence-corrected chi connectivity index (χ0v) is 21.0. The molecule has 0 aliphatic carbocycles. The number of aryl methyl sites for hydroxylation is 2. The van der Waals surface area contributed by atoms with Crippen molar-refractivity contribution in [3.8, 4) is 11.5 Å². The molecule has 35 heavy (non-hydrogen) atoms. The average Bonchev–Trinajstić information content (AvgIpc) is 2.83. The van der Waals surface area contributed by atoms with Crippen molar-refractivity contribution >= 4 is 23.5 Å². The van der Waals surface area contributed by atoms with Crippen LogP contribution in [0, 0.1) is 13.8 Å². The zero-order valence-electron chi connectivity index (χ0n) is 21.0. The van der Waals surface area contributed by atoms with E-state index in [-0.39, 0.29) is 24.3 Å². The molecule has 188 valence electrons. The normalized spacial score (nSPS) is 13.5. The van der Waals surface area contributed by atoms with E-state index in [2.05, 4.69) is 19.2 Å². The molecule has 0 bridgehead atoms. The van der Waals surface area contributed by atoms with Crippen molar-refractivity contribution in [2.45, 2.75) is 33.6 Å². The van der Waals surface area contributed by atoms with Gasteiger partial charge in [-0.3, -0.25) is 9.59 Å². The number of benzene rings is 2. The van der Waals surface area contributed by atoms with E-state index in [1.54, 1.807) is 35.1 Å². The second-order valence-corrected chi connectivity index (χ2v) is 8.97. The van der Waals surface area contributed by atoms with Crippen molar-refractivity contribution in [3.63, 3.8) is 0 Å². The van der Waals surface area contributed by atoms with Gasteiger partial charge in [-0.2, -0.15) is 0 Å². The molecule has 0 aromatic heterocycles. The number of nitrogens with two attached hydrogens (primary N) is 1. The first-order valence-electron chi connectivity index (χ1n) is 11.7. The Kier molecular flexibility index (Phi) is 8.22. The summed E-state index contributed by atoms with van der Waals surface area (Å²) < 4.78 is 11.3. The number of amides is 4. The second kappa shape index (κ2) is 11.1. The highest BCUT2D eigenvalue weighted by Gasteiger charge is 2.27. The highest BCUT2D eigenvalue weighted by Crippen LogP contribution is 2.31. The Morgan fingerprint density at radius 1 is 1.03 bits per heavy atom. The number of nitrogens with one attached hydrogen (secondary N) is 1. The van der Waals surface area contributed by atoms with Crippen molar-refractivity contribution < 1.29 is 23.9 Å². The maximum Gasteiger partial charge on any atom is 0.316 e. The summed E-state index contributed by atoms with van der Waals surface area (Å²) in [6.07, 6.45) is 0. The quantitative estimate of drug-likeness (QED) is 0.629. The van der Waals surface area contributed by atoms with Crippen LogP contribution in [-0.4, -0.2) is 67.5 Å². The van der Waals surface area contributed by atoms with Gasteiger partial charge >= 0.3 is 6.03 Å². The second-order valence-electron chi connectivity index (χ2n) is 8.97. The molecule has 9 nitrogen and oxygen atoms in total. The van der Waals surface area contributed by atoms with Gasteiger partial charge in [-0.25, -0.2) is 4.79 Å². The van der Waals surface area contributed by atoms with Crippen molar-refractivity contribution in [2.75, 3.05) is 45.2 Å². The van der Waals surface area contributed by atoms with Crippen LogP contribution < -0.4 is 20.5 Å². The lowest BCUT2D eigenvalue weighted by molar-refractivity contribution is -0.134. The Bertz CT molecular complexity index is 1080. The molecule has 0 radical (unpaired) electrons. The Morgan fingerprint density at radius 2 is 1.63 bits per heavy atom. The number of anilines is 1. The Labute approximate surface area is 206 Å². The fraction of sp³-hybridized carbons (Fsp3) is 0.423. The molecular weight excluding hydrogens is 448 g/mol. The Hall–Kier alpha value is -3.75. The minimum atomic E-state index is -0.635. The summed E-state index contributed by atoms with van der Waals surface area (Å²) in [5.74, 6) is 1.14. The van der Waals surface area contributed by atoms with Gasteiger partial charge in [-0.15, -0.1) is 0 Å². The van der Waals surface area contributed by atoms with E-state index in [0.29, 0.717) is 48.9 Å². The summed E-state index contributed by atoms with van der Waals surface area (Å²) in [6, 6.07) is 8.50. The molecule has 1 saturated heterocycles. The van der Waals surface area contributed by atoms with Gasteiger partial charge in [0, 0.05) is 31.9 Å². The molecular formula is C26H34N4O5. The first-order chi connectivity index (χ1) is 16.6. The third-order valence-corrected chi connectivity index (χ3v) is 6.14. The lowest BCUT2D eigenvalue weighted by atomic mass is 9.98.